The van der Waals surface area contributed by atoms with Crippen molar-refractivity contribution in [1.82, 2.24) is 0 Å². The molecule has 0 radical (unpaired) electrons. The van der Waals surface area contributed by atoms with Gasteiger partial charge in [-0.1, -0.05) is 34.1 Å². The van der Waals surface area contributed by atoms with Crippen molar-refractivity contribution in [3.8, 4) is 0 Å². The fourth-order valence-corrected chi connectivity index (χ4v) is 2.75. The van der Waals surface area contributed by atoms with E-state index in [9.17, 15) is 9.50 Å². The summed E-state index contributed by atoms with van der Waals surface area (Å²) >= 11 is 3.41. The highest BCUT2D eigenvalue weighted by Gasteiger charge is 2.23. The van der Waals surface area contributed by atoms with Crippen molar-refractivity contribution in [2.45, 2.75) is 18.9 Å². The van der Waals surface area contributed by atoms with Crippen molar-refractivity contribution in [3.63, 3.8) is 0 Å². The lowest BCUT2D eigenvalue weighted by Gasteiger charge is -2.24. The maximum absolute atomic E-state index is 13.4. The second-order valence-electron chi connectivity index (χ2n) is 4.84. The average Bonchev–Trinajstić information content (AvgIpc) is 2.42. The van der Waals surface area contributed by atoms with Gasteiger partial charge in [-0.05, 0) is 47.9 Å². The van der Waals surface area contributed by atoms with E-state index in [0.29, 0.717) is 5.56 Å². The van der Waals surface area contributed by atoms with E-state index < -0.39 is 6.10 Å². The van der Waals surface area contributed by atoms with E-state index >= 15 is 0 Å². The van der Waals surface area contributed by atoms with E-state index in [1.807, 2.05) is 31.2 Å². The number of aliphatic hydroxyl groups excluding tert-OH is 1. The second-order valence-corrected chi connectivity index (χ2v) is 5.76. The number of aliphatic hydroxyl groups is 1. The van der Waals surface area contributed by atoms with E-state index in [1.54, 1.807) is 6.07 Å². The Morgan fingerprint density at radius 3 is 2.65 bits per heavy atom. The number of hydrogen-bond donors (Lipinski definition) is 2. The molecule has 0 fully saturated rings. The molecule has 0 bridgehead atoms. The largest absolute Gasteiger partial charge is 0.388 e. The lowest BCUT2D eigenvalue weighted by atomic mass is 9.87. The molecule has 20 heavy (non-hydrogen) atoms. The summed E-state index contributed by atoms with van der Waals surface area (Å²) in [7, 11) is 0. The third-order valence-corrected chi connectivity index (χ3v) is 3.97. The van der Waals surface area contributed by atoms with E-state index in [0.717, 1.165) is 15.6 Å². The fraction of sp³-hybridized carbons (Fsp3) is 0.250. The molecule has 2 nitrogen and oxygen atoms in total. The van der Waals surface area contributed by atoms with Crippen LogP contribution in [-0.4, -0.2) is 11.7 Å². The van der Waals surface area contributed by atoms with Gasteiger partial charge in [0.25, 0.3) is 0 Å². The van der Waals surface area contributed by atoms with Crippen molar-refractivity contribution >= 4 is 15.9 Å². The first kappa shape index (κ1) is 15.2. The first-order valence-electron chi connectivity index (χ1n) is 6.42. The van der Waals surface area contributed by atoms with Gasteiger partial charge in [0.2, 0.25) is 0 Å². The molecule has 3 N–H and O–H groups in total. The molecule has 0 spiro atoms. The molecule has 0 amide bonds. The van der Waals surface area contributed by atoms with Gasteiger partial charge in [0, 0.05) is 16.9 Å². The Hall–Kier alpha value is -1.23. The molecule has 0 saturated carbocycles. The zero-order valence-corrected chi connectivity index (χ0v) is 12.8. The van der Waals surface area contributed by atoms with Crippen LogP contribution in [-0.2, 0) is 0 Å². The minimum atomic E-state index is -0.829. The van der Waals surface area contributed by atoms with Gasteiger partial charge in [0.15, 0.2) is 0 Å². The van der Waals surface area contributed by atoms with Gasteiger partial charge in [-0.25, -0.2) is 4.39 Å². The highest BCUT2D eigenvalue weighted by Crippen LogP contribution is 2.33. The third kappa shape index (κ3) is 3.26. The maximum atomic E-state index is 13.4. The monoisotopic (exact) mass is 337 g/mol. The first-order chi connectivity index (χ1) is 9.52. The van der Waals surface area contributed by atoms with Gasteiger partial charge in [-0.3, -0.25) is 0 Å². The normalized spacial score (nSPS) is 14.1. The van der Waals surface area contributed by atoms with Crippen LogP contribution in [0.5, 0.6) is 0 Å². The highest BCUT2D eigenvalue weighted by molar-refractivity contribution is 9.10. The zero-order chi connectivity index (χ0) is 14.7. The molecule has 0 heterocycles. The summed E-state index contributed by atoms with van der Waals surface area (Å²) in [4.78, 5) is 0. The van der Waals surface area contributed by atoms with E-state index in [1.165, 1.54) is 12.1 Å². The summed E-state index contributed by atoms with van der Waals surface area (Å²) in [6.07, 6.45) is -0.829. The number of rotatable bonds is 4. The predicted molar refractivity (Wildman–Crippen MR) is 82.0 cm³/mol. The van der Waals surface area contributed by atoms with Crippen LogP contribution in [0.2, 0.25) is 0 Å². The quantitative estimate of drug-likeness (QED) is 0.893. The van der Waals surface area contributed by atoms with Crippen LogP contribution in [0.25, 0.3) is 0 Å². The Labute approximate surface area is 126 Å². The van der Waals surface area contributed by atoms with Crippen LogP contribution >= 0.6 is 15.9 Å². The first-order valence-corrected chi connectivity index (χ1v) is 7.22. The van der Waals surface area contributed by atoms with Gasteiger partial charge in [0.1, 0.15) is 5.82 Å². The van der Waals surface area contributed by atoms with Crippen LogP contribution < -0.4 is 5.73 Å². The standard InChI is InChI=1S/C16H17BrFNO/c1-10-5-6-13(18)8-14(10)16(20)15(9-19)11-3-2-4-12(17)7-11/h2-8,15-16,20H,9,19H2,1H3. The number of benzene rings is 2. The van der Waals surface area contributed by atoms with Gasteiger partial charge >= 0.3 is 0 Å². The van der Waals surface area contributed by atoms with Crippen LogP contribution in [0.15, 0.2) is 46.9 Å². The number of aryl methyl sites for hydroxylation is 1. The number of halogens is 2. The molecular weight excluding hydrogens is 321 g/mol. The van der Waals surface area contributed by atoms with Crippen molar-refractivity contribution in [2.75, 3.05) is 6.54 Å². The minimum absolute atomic E-state index is 0.270. The second kappa shape index (κ2) is 6.48. The maximum Gasteiger partial charge on any atom is 0.123 e. The zero-order valence-electron chi connectivity index (χ0n) is 11.2. The Morgan fingerprint density at radius 2 is 2.00 bits per heavy atom. The van der Waals surface area contributed by atoms with E-state index in [-0.39, 0.29) is 18.3 Å². The molecule has 2 aromatic carbocycles. The highest BCUT2D eigenvalue weighted by atomic mass is 79.9. The molecule has 2 aromatic rings. The SMILES string of the molecule is Cc1ccc(F)cc1C(O)C(CN)c1cccc(Br)c1. The van der Waals surface area contributed by atoms with E-state index in [4.69, 9.17) is 5.73 Å². The van der Waals surface area contributed by atoms with Gasteiger partial charge in [-0.2, -0.15) is 0 Å². The molecule has 0 aromatic heterocycles. The molecule has 0 aliphatic rings. The van der Waals surface area contributed by atoms with Gasteiger partial charge < -0.3 is 10.8 Å². The van der Waals surface area contributed by atoms with Crippen molar-refractivity contribution in [2.24, 2.45) is 5.73 Å². The summed E-state index contributed by atoms with van der Waals surface area (Å²) in [5.41, 5.74) is 8.18. The topological polar surface area (TPSA) is 46.2 Å². The fourth-order valence-electron chi connectivity index (χ4n) is 2.33. The molecule has 0 saturated heterocycles. The summed E-state index contributed by atoms with van der Waals surface area (Å²) in [5, 5.41) is 10.6. The molecule has 2 rings (SSSR count). The van der Waals surface area contributed by atoms with Crippen molar-refractivity contribution in [3.05, 3.63) is 69.4 Å². The molecule has 4 heteroatoms. The molecule has 0 aliphatic carbocycles. The van der Waals surface area contributed by atoms with Gasteiger partial charge in [0.05, 0.1) is 6.10 Å². The van der Waals surface area contributed by atoms with Crippen LogP contribution in [0.3, 0.4) is 0 Å². The van der Waals surface area contributed by atoms with Crippen LogP contribution in [0.4, 0.5) is 4.39 Å². The Balaban J connectivity index is 2.38. The van der Waals surface area contributed by atoms with E-state index in [2.05, 4.69) is 15.9 Å². The lowest BCUT2D eigenvalue weighted by molar-refractivity contribution is 0.146. The van der Waals surface area contributed by atoms with Gasteiger partial charge in [-0.15, -0.1) is 0 Å². The Bertz CT molecular complexity index is 603. The van der Waals surface area contributed by atoms with Crippen LogP contribution in [0, 0.1) is 12.7 Å². The lowest BCUT2D eigenvalue weighted by Crippen LogP contribution is -2.21. The molecule has 2 unspecified atom stereocenters. The minimum Gasteiger partial charge on any atom is -0.388 e. The Kier molecular flexibility index (Phi) is 4.91. The summed E-state index contributed by atoms with van der Waals surface area (Å²) in [6, 6.07) is 12.1. The molecule has 106 valence electrons. The average molecular weight is 338 g/mol. The molecular formula is C16H17BrFNO. The van der Waals surface area contributed by atoms with Crippen molar-refractivity contribution < 1.29 is 9.50 Å². The van der Waals surface area contributed by atoms with Crippen LogP contribution in [0.1, 0.15) is 28.7 Å². The summed E-state index contributed by atoms with van der Waals surface area (Å²) in [6.45, 7) is 2.14. The smallest absolute Gasteiger partial charge is 0.123 e. The van der Waals surface area contributed by atoms with Crippen molar-refractivity contribution in [1.29, 1.82) is 0 Å². The summed E-state index contributed by atoms with van der Waals surface area (Å²) < 4.78 is 14.3. The summed E-state index contributed by atoms with van der Waals surface area (Å²) in [5.74, 6) is -0.623. The number of hydrogen-bond acceptors (Lipinski definition) is 2. The predicted octanol–water partition coefficient (Wildman–Crippen LogP) is 3.67. The Morgan fingerprint density at radius 1 is 1.25 bits per heavy atom. The third-order valence-electron chi connectivity index (χ3n) is 3.47. The number of nitrogens with two attached hydrogens (primary N) is 1. The molecule has 0 aliphatic heterocycles. The molecule has 2 atom stereocenters.